The lowest BCUT2D eigenvalue weighted by atomic mass is 9.98. The van der Waals surface area contributed by atoms with Crippen LogP contribution in [-0.4, -0.2) is 20.3 Å². The molecular formula is C28H24F4O3. The number of allylic oxidation sites excluding steroid dienone is 1. The van der Waals surface area contributed by atoms with Gasteiger partial charge in [0.05, 0.1) is 13.7 Å². The van der Waals surface area contributed by atoms with E-state index >= 15 is 0 Å². The second-order valence-electron chi connectivity index (χ2n) is 7.42. The second kappa shape index (κ2) is 11.4. The van der Waals surface area contributed by atoms with Crippen molar-refractivity contribution in [2.24, 2.45) is 0 Å². The summed E-state index contributed by atoms with van der Waals surface area (Å²) in [6.07, 6.45) is 0. The minimum Gasteiger partial charge on any atom is -0.497 e. The monoisotopic (exact) mass is 484 g/mol. The number of methoxy groups -OCH3 is 1. The summed E-state index contributed by atoms with van der Waals surface area (Å²) in [7, 11) is 1.52. The van der Waals surface area contributed by atoms with Crippen LogP contribution in [0.3, 0.4) is 0 Å². The maximum atomic E-state index is 14.9. The Hall–Kier alpha value is -4.00. The van der Waals surface area contributed by atoms with Gasteiger partial charge in [-0.05, 0) is 42.3 Å². The summed E-state index contributed by atoms with van der Waals surface area (Å²) in [5.74, 6) is -3.93. The van der Waals surface area contributed by atoms with E-state index in [9.17, 15) is 17.6 Å². The number of hydrogen-bond donors (Lipinski definition) is 0. The molecule has 0 aliphatic carbocycles. The molecular weight excluding hydrogens is 460 g/mol. The molecule has 0 fully saturated rings. The zero-order valence-electron chi connectivity index (χ0n) is 19.3. The van der Waals surface area contributed by atoms with Crippen LogP contribution in [0.1, 0.15) is 6.92 Å². The summed E-state index contributed by atoms with van der Waals surface area (Å²) < 4.78 is 73.1. The maximum absolute atomic E-state index is 14.9. The highest BCUT2D eigenvalue weighted by Gasteiger charge is 2.17. The highest BCUT2D eigenvalue weighted by atomic mass is 19.2. The average molecular weight is 484 g/mol. The zero-order chi connectivity index (χ0) is 25.5. The van der Waals surface area contributed by atoms with Crippen molar-refractivity contribution in [1.29, 1.82) is 0 Å². The molecule has 0 aliphatic rings. The van der Waals surface area contributed by atoms with E-state index < -0.39 is 29.0 Å². The Morgan fingerprint density at radius 3 is 1.69 bits per heavy atom. The van der Waals surface area contributed by atoms with Gasteiger partial charge in [-0.25, -0.2) is 13.2 Å². The van der Waals surface area contributed by atoms with Crippen molar-refractivity contribution in [2.45, 2.75) is 6.92 Å². The minimum atomic E-state index is -1.24. The minimum absolute atomic E-state index is 0.0706. The summed E-state index contributed by atoms with van der Waals surface area (Å²) in [6, 6.07) is 15.7. The molecule has 0 radical (unpaired) electrons. The first-order valence-electron chi connectivity index (χ1n) is 10.7. The molecule has 0 spiro atoms. The lowest BCUT2D eigenvalue weighted by molar-refractivity contribution is 0.223. The Morgan fingerprint density at radius 2 is 1.23 bits per heavy atom. The maximum Gasteiger partial charge on any atom is 0.200 e. The van der Waals surface area contributed by atoms with Gasteiger partial charge >= 0.3 is 0 Å². The van der Waals surface area contributed by atoms with Crippen molar-refractivity contribution in [2.75, 3.05) is 20.3 Å². The van der Waals surface area contributed by atoms with Crippen LogP contribution in [0.2, 0.25) is 0 Å². The first-order chi connectivity index (χ1) is 16.8. The molecule has 0 saturated heterocycles. The SMILES string of the molecule is C=C(COc1ccc(-c2ccc(-c3ccc(OC)cc3)c(F)c2F)cc1)/C(F)=C(/F)C(=C)OCC. The molecule has 0 heterocycles. The van der Waals surface area contributed by atoms with Crippen molar-refractivity contribution >= 4 is 0 Å². The van der Waals surface area contributed by atoms with Crippen LogP contribution in [0.4, 0.5) is 17.6 Å². The summed E-state index contributed by atoms with van der Waals surface area (Å²) in [5.41, 5.74) is 0.886. The summed E-state index contributed by atoms with van der Waals surface area (Å²) in [6.45, 7) is 8.20. The van der Waals surface area contributed by atoms with Gasteiger partial charge in [-0.3, -0.25) is 0 Å². The van der Waals surface area contributed by atoms with Gasteiger partial charge in [0.2, 0.25) is 0 Å². The van der Waals surface area contributed by atoms with Crippen LogP contribution in [0.15, 0.2) is 96.8 Å². The molecule has 3 rings (SSSR count). The van der Waals surface area contributed by atoms with E-state index in [0.717, 1.165) is 0 Å². The molecule has 0 bridgehead atoms. The first-order valence-corrected chi connectivity index (χ1v) is 10.7. The third kappa shape index (κ3) is 5.93. The molecule has 0 atom stereocenters. The van der Waals surface area contributed by atoms with Crippen molar-refractivity contribution in [3.05, 3.63) is 108 Å². The number of benzene rings is 3. The van der Waals surface area contributed by atoms with Gasteiger partial charge < -0.3 is 14.2 Å². The molecule has 182 valence electrons. The van der Waals surface area contributed by atoms with Gasteiger partial charge in [-0.15, -0.1) is 0 Å². The van der Waals surface area contributed by atoms with Crippen LogP contribution < -0.4 is 9.47 Å². The van der Waals surface area contributed by atoms with E-state index in [1.807, 2.05) is 0 Å². The second-order valence-corrected chi connectivity index (χ2v) is 7.42. The standard InChI is InChI=1S/C28H24F4O3/c1-5-34-18(3)26(30)25(29)17(2)16-35-22-12-8-20(9-13-22)24-15-14-23(27(31)28(24)32)19-6-10-21(33-4)11-7-19/h6-15H,2-3,5,16H2,1,4H3/b26-25-. The first kappa shape index (κ1) is 25.6. The van der Waals surface area contributed by atoms with E-state index in [4.69, 9.17) is 14.2 Å². The predicted octanol–water partition coefficient (Wildman–Crippen LogP) is 7.94. The van der Waals surface area contributed by atoms with Crippen molar-refractivity contribution in [3.8, 4) is 33.8 Å². The van der Waals surface area contributed by atoms with E-state index in [1.54, 1.807) is 31.2 Å². The summed E-state index contributed by atoms with van der Waals surface area (Å²) in [5, 5.41) is 0. The van der Waals surface area contributed by atoms with E-state index in [-0.39, 0.29) is 29.9 Å². The van der Waals surface area contributed by atoms with Gasteiger partial charge in [0.1, 0.15) is 18.1 Å². The fourth-order valence-corrected chi connectivity index (χ4v) is 3.25. The molecule has 0 aromatic heterocycles. The van der Waals surface area contributed by atoms with E-state index in [1.165, 1.54) is 43.5 Å². The topological polar surface area (TPSA) is 27.7 Å². The van der Waals surface area contributed by atoms with Gasteiger partial charge in [-0.1, -0.05) is 49.6 Å². The van der Waals surface area contributed by atoms with Crippen LogP contribution in [-0.2, 0) is 4.74 Å². The van der Waals surface area contributed by atoms with E-state index in [0.29, 0.717) is 22.6 Å². The Labute approximate surface area is 201 Å². The van der Waals surface area contributed by atoms with Gasteiger partial charge in [0.25, 0.3) is 0 Å². The quantitative estimate of drug-likeness (QED) is 0.166. The fourth-order valence-electron chi connectivity index (χ4n) is 3.25. The zero-order valence-corrected chi connectivity index (χ0v) is 19.3. The molecule has 3 aromatic carbocycles. The number of hydrogen-bond acceptors (Lipinski definition) is 3. The molecule has 35 heavy (non-hydrogen) atoms. The molecule has 3 nitrogen and oxygen atoms in total. The predicted molar refractivity (Wildman–Crippen MR) is 128 cm³/mol. The highest BCUT2D eigenvalue weighted by molar-refractivity contribution is 5.72. The fraction of sp³-hybridized carbons (Fsp3) is 0.143. The molecule has 0 aliphatic heterocycles. The van der Waals surface area contributed by atoms with Crippen molar-refractivity contribution < 1.29 is 31.8 Å². The third-order valence-electron chi connectivity index (χ3n) is 5.13. The number of rotatable bonds is 10. The van der Waals surface area contributed by atoms with Gasteiger partial charge in [0.15, 0.2) is 29.0 Å². The lowest BCUT2D eigenvalue weighted by Gasteiger charge is -2.12. The average Bonchev–Trinajstić information content (AvgIpc) is 2.88. The molecule has 3 aromatic rings. The van der Waals surface area contributed by atoms with Crippen LogP contribution in [0, 0.1) is 11.6 Å². The smallest absolute Gasteiger partial charge is 0.200 e. The van der Waals surface area contributed by atoms with Crippen LogP contribution in [0.25, 0.3) is 22.3 Å². The highest BCUT2D eigenvalue weighted by Crippen LogP contribution is 2.33. The third-order valence-corrected chi connectivity index (χ3v) is 5.13. The Balaban J connectivity index is 1.73. The lowest BCUT2D eigenvalue weighted by Crippen LogP contribution is -2.03. The molecule has 7 heteroatoms. The van der Waals surface area contributed by atoms with Crippen LogP contribution >= 0.6 is 0 Å². The van der Waals surface area contributed by atoms with Crippen molar-refractivity contribution in [3.63, 3.8) is 0 Å². The molecule has 0 unspecified atom stereocenters. The Morgan fingerprint density at radius 1 is 0.743 bits per heavy atom. The Bertz CT molecular complexity index is 1250. The molecule has 0 amide bonds. The van der Waals surface area contributed by atoms with Crippen molar-refractivity contribution in [1.82, 2.24) is 0 Å². The summed E-state index contributed by atoms with van der Waals surface area (Å²) >= 11 is 0. The Kier molecular flexibility index (Phi) is 8.36. The van der Waals surface area contributed by atoms with Gasteiger partial charge in [0, 0.05) is 16.7 Å². The largest absolute Gasteiger partial charge is 0.497 e. The number of halogens is 4. The van der Waals surface area contributed by atoms with Crippen LogP contribution in [0.5, 0.6) is 11.5 Å². The van der Waals surface area contributed by atoms with E-state index in [2.05, 4.69) is 13.2 Å². The number of ether oxygens (including phenoxy) is 3. The molecule has 0 saturated carbocycles. The summed E-state index contributed by atoms with van der Waals surface area (Å²) in [4.78, 5) is 0. The van der Waals surface area contributed by atoms with Gasteiger partial charge in [-0.2, -0.15) is 4.39 Å². The normalized spacial score (nSPS) is 11.5. The molecule has 0 N–H and O–H groups in total.